The van der Waals surface area contributed by atoms with E-state index in [1.54, 1.807) is 18.2 Å². The summed E-state index contributed by atoms with van der Waals surface area (Å²) in [6.07, 6.45) is 0. The van der Waals surface area contributed by atoms with Gasteiger partial charge in [0.25, 0.3) is 0 Å². The Morgan fingerprint density at radius 3 is 2.67 bits per heavy atom. The Hall–Kier alpha value is -1.55. The minimum atomic E-state index is -0.244. The van der Waals surface area contributed by atoms with Gasteiger partial charge in [-0.25, -0.2) is 0 Å². The van der Waals surface area contributed by atoms with Crippen LogP contribution in [0, 0.1) is 5.92 Å². The molecular formula is C14H22N2O2. The number of carbonyl (C=O) groups is 1. The van der Waals surface area contributed by atoms with Gasteiger partial charge in [0.1, 0.15) is 5.75 Å². The molecule has 1 aromatic carbocycles. The topological polar surface area (TPSA) is 61.4 Å². The Labute approximate surface area is 108 Å². The van der Waals surface area contributed by atoms with Gasteiger partial charge in [-0.05, 0) is 30.5 Å². The fraction of sp³-hybridized carbons (Fsp3) is 0.500. The highest BCUT2D eigenvalue weighted by molar-refractivity contribution is 5.81. The lowest BCUT2D eigenvalue weighted by molar-refractivity contribution is -0.122. The van der Waals surface area contributed by atoms with Crippen LogP contribution in [0.3, 0.4) is 0 Å². The molecule has 18 heavy (non-hydrogen) atoms. The number of carbonyl (C=O) groups excluding carboxylic acids is 1. The summed E-state index contributed by atoms with van der Waals surface area (Å²) in [5.41, 5.74) is 0.957. The van der Waals surface area contributed by atoms with Gasteiger partial charge in [0.05, 0.1) is 6.04 Å². The maximum atomic E-state index is 11.7. The van der Waals surface area contributed by atoms with E-state index >= 15 is 0 Å². The van der Waals surface area contributed by atoms with Crippen LogP contribution in [0.1, 0.15) is 26.3 Å². The minimum Gasteiger partial charge on any atom is -0.508 e. The van der Waals surface area contributed by atoms with Crippen molar-refractivity contribution in [1.82, 2.24) is 10.6 Å². The van der Waals surface area contributed by atoms with E-state index in [4.69, 9.17) is 0 Å². The molecule has 0 bridgehead atoms. The van der Waals surface area contributed by atoms with Crippen molar-refractivity contribution in [3.05, 3.63) is 29.8 Å². The first-order chi connectivity index (χ1) is 8.49. The van der Waals surface area contributed by atoms with Crippen LogP contribution < -0.4 is 10.6 Å². The van der Waals surface area contributed by atoms with Gasteiger partial charge in [0, 0.05) is 13.1 Å². The lowest BCUT2D eigenvalue weighted by Gasteiger charge is -2.15. The Bertz CT molecular complexity index is 391. The molecule has 1 atom stereocenters. The molecule has 0 aromatic heterocycles. The Balaban J connectivity index is 2.36. The van der Waals surface area contributed by atoms with Crippen LogP contribution in [0.5, 0.6) is 5.75 Å². The number of hydrogen-bond acceptors (Lipinski definition) is 3. The van der Waals surface area contributed by atoms with Crippen LogP contribution in [-0.2, 0) is 11.3 Å². The summed E-state index contributed by atoms with van der Waals surface area (Å²) in [5.74, 6) is 0.697. The second-order valence-electron chi connectivity index (χ2n) is 4.91. The summed E-state index contributed by atoms with van der Waals surface area (Å²) in [5, 5.41) is 15.3. The van der Waals surface area contributed by atoms with Crippen LogP contribution >= 0.6 is 0 Å². The summed E-state index contributed by atoms with van der Waals surface area (Å²) in [4.78, 5) is 11.7. The van der Waals surface area contributed by atoms with E-state index in [-0.39, 0.29) is 17.7 Å². The first kappa shape index (κ1) is 14.5. The second-order valence-corrected chi connectivity index (χ2v) is 4.91. The van der Waals surface area contributed by atoms with Crippen molar-refractivity contribution >= 4 is 5.91 Å². The quantitative estimate of drug-likeness (QED) is 0.719. The molecule has 0 spiro atoms. The van der Waals surface area contributed by atoms with E-state index in [1.165, 1.54) is 0 Å². The summed E-state index contributed by atoms with van der Waals surface area (Å²) < 4.78 is 0. The predicted molar refractivity (Wildman–Crippen MR) is 72.3 cm³/mol. The van der Waals surface area contributed by atoms with Gasteiger partial charge < -0.3 is 15.7 Å². The average molecular weight is 250 g/mol. The summed E-state index contributed by atoms with van der Waals surface area (Å²) in [6, 6.07) is 6.76. The Morgan fingerprint density at radius 2 is 2.06 bits per heavy atom. The molecule has 0 radical (unpaired) electrons. The molecule has 0 saturated heterocycles. The number of rotatable bonds is 6. The monoisotopic (exact) mass is 250 g/mol. The standard InChI is InChI=1S/C14H22N2O2/c1-10(2)8-16-14(18)11(3)15-9-12-5-4-6-13(17)7-12/h4-7,10-11,15,17H,8-9H2,1-3H3,(H,16,18). The van der Waals surface area contributed by atoms with Crippen molar-refractivity contribution in [2.45, 2.75) is 33.4 Å². The van der Waals surface area contributed by atoms with Crippen molar-refractivity contribution in [2.75, 3.05) is 6.54 Å². The van der Waals surface area contributed by atoms with Crippen molar-refractivity contribution < 1.29 is 9.90 Å². The van der Waals surface area contributed by atoms with Gasteiger partial charge in [-0.15, -0.1) is 0 Å². The maximum Gasteiger partial charge on any atom is 0.236 e. The van der Waals surface area contributed by atoms with Crippen LogP contribution in [0.4, 0.5) is 0 Å². The van der Waals surface area contributed by atoms with Crippen molar-refractivity contribution in [1.29, 1.82) is 0 Å². The molecule has 3 N–H and O–H groups in total. The number of hydrogen-bond donors (Lipinski definition) is 3. The molecule has 0 aliphatic rings. The summed E-state index contributed by atoms with van der Waals surface area (Å²) in [7, 11) is 0. The van der Waals surface area contributed by atoms with E-state index in [2.05, 4.69) is 24.5 Å². The molecule has 0 aliphatic carbocycles. The smallest absolute Gasteiger partial charge is 0.236 e. The molecule has 4 nitrogen and oxygen atoms in total. The number of phenols is 1. The molecule has 1 unspecified atom stereocenters. The molecule has 0 aliphatic heterocycles. The molecule has 1 amide bonds. The molecule has 1 rings (SSSR count). The molecular weight excluding hydrogens is 228 g/mol. The fourth-order valence-electron chi connectivity index (χ4n) is 1.49. The predicted octanol–water partition coefficient (Wildman–Crippen LogP) is 1.64. The van der Waals surface area contributed by atoms with Crippen LogP contribution in [0.25, 0.3) is 0 Å². The molecule has 4 heteroatoms. The first-order valence-corrected chi connectivity index (χ1v) is 6.28. The highest BCUT2D eigenvalue weighted by Crippen LogP contribution is 2.10. The molecule has 0 fully saturated rings. The van der Waals surface area contributed by atoms with Crippen molar-refractivity contribution in [3.8, 4) is 5.75 Å². The zero-order valence-corrected chi connectivity index (χ0v) is 11.2. The van der Waals surface area contributed by atoms with Gasteiger partial charge in [-0.1, -0.05) is 26.0 Å². The zero-order chi connectivity index (χ0) is 13.5. The molecule has 0 heterocycles. The SMILES string of the molecule is CC(C)CNC(=O)C(C)NCc1cccc(O)c1. The maximum absolute atomic E-state index is 11.7. The third kappa shape index (κ3) is 5.19. The molecule has 0 saturated carbocycles. The Morgan fingerprint density at radius 1 is 1.33 bits per heavy atom. The highest BCUT2D eigenvalue weighted by Gasteiger charge is 2.11. The van der Waals surface area contributed by atoms with Gasteiger partial charge in [-0.3, -0.25) is 4.79 Å². The lowest BCUT2D eigenvalue weighted by Crippen LogP contribution is -2.42. The van der Waals surface area contributed by atoms with Crippen LogP contribution in [0.15, 0.2) is 24.3 Å². The number of benzene rings is 1. The van der Waals surface area contributed by atoms with E-state index in [0.717, 1.165) is 5.56 Å². The van der Waals surface area contributed by atoms with Crippen LogP contribution in [0.2, 0.25) is 0 Å². The van der Waals surface area contributed by atoms with Gasteiger partial charge in [0.15, 0.2) is 0 Å². The van der Waals surface area contributed by atoms with Crippen molar-refractivity contribution in [3.63, 3.8) is 0 Å². The van der Waals surface area contributed by atoms with E-state index in [9.17, 15) is 9.90 Å². The number of phenolic OH excluding ortho intramolecular Hbond substituents is 1. The minimum absolute atomic E-state index is 0.00357. The Kier molecular flexibility index (Phi) is 5.65. The zero-order valence-electron chi connectivity index (χ0n) is 11.2. The van der Waals surface area contributed by atoms with E-state index in [0.29, 0.717) is 19.0 Å². The molecule has 1 aromatic rings. The number of amides is 1. The summed E-state index contributed by atoms with van der Waals surface area (Å²) in [6.45, 7) is 7.20. The fourth-order valence-corrected chi connectivity index (χ4v) is 1.49. The average Bonchev–Trinajstić information content (AvgIpc) is 2.33. The molecule has 100 valence electrons. The third-order valence-corrected chi connectivity index (χ3v) is 2.60. The van der Waals surface area contributed by atoms with E-state index in [1.807, 2.05) is 13.0 Å². The van der Waals surface area contributed by atoms with Gasteiger partial charge in [0.2, 0.25) is 5.91 Å². The van der Waals surface area contributed by atoms with Gasteiger partial charge >= 0.3 is 0 Å². The third-order valence-electron chi connectivity index (χ3n) is 2.60. The number of nitrogens with one attached hydrogen (secondary N) is 2. The van der Waals surface area contributed by atoms with Crippen molar-refractivity contribution in [2.24, 2.45) is 5.92 Å². The normalized spacial score (nSPS) is 12.4. The van der Waals surface area contributed by atoms with E-state index < -0.39 is 0 Å². The second kappa shape index (κ2) is 7.01. The van der Waals surface area contributed by atoms with Crippen LogP contribution in [-0.4, -0.2) is 23.6 Å². The highest BCUT2D eigenvalue weighted by atomic mass is 16.3. The largest absolute Gasteiger partial charge is 0.508 e. The number of aromatic hydroxyl groups is 1. The summed E-state index contributed by atoms with van der Waals surface area (Å²) >= 11 is 0. The first-order valence-electron chi connectivity index (χ1n) is 6.28. The van der Waals surface area contributed by atoms with Gasteiger partial charge in [-0.2, -0.15) is 0 Å². The lowest BCUT2D eigenvalue weighted by atomic mass is 10.2.